The van der Waals surface area contributed by atoms with Gasteiger partial charge in [-0.15, -0.1) is 0 Å². The van der Waals surface area contributed by atoms with E-state index in [1.807, 2.05) is 12.1 Å². The van der Waals surface area contributed by atoms with Crippen molar-refractivity contribution in [2.75, 3.05) is 41.2 Å². The van der Waals surface area contributed by atoms with E-state index in [1.165, 1.54) is 30.3 Å². The van der Waals surface area contributed by atoms with E-state index in [0.717, 1.165) is 37.0 Å². The van der Waals surface area contributed by atoms with Gasteiger partial charge >= 0.3 is 6.18 Å². The first-order valence-corrected chi connectivity index (χ1v) is 12.1. The highest BCUT2D eigenvalue weighted by molar-refractivity contribution is 7.92. The van der Waals surface area contributed by atoms with Crippen LogP contribution in [0.5, 0.6) is 0 Å². The number of morpholine rings is 1. The van der Waals surface area contributed by atoms with E-state index in [1.54, 1.807) is 12.1 Å². The SMILES string of the molecule is O=C(Nc1ccc(S(=O)(=O)Nc2cccc(C(F)(F)F)c2)cc1)c1ccc(N2CCOCC2)cc1. The zero-order chi connectivity index (χ0) is 25.1. The van der Waals surface area contributed by atoms with Crippen molar-refractivity contribution in [3.8, 4) is 0 Å². The molecule has 11 heteroatoms. The number of nitrogens with one attached hydrogen (secondary N) is 2. The Morgan fingerprint density at radius 3 is 2.17 bits per heavy atom. The number of carbonyl (C=O) groups excluding carboxylic acids is 1. The molecule has 3 aromatic rings. The largest absolute Gasteiger partial charge is 0.416 e. The van der Waals surface area contributed by atoms with Gasteiger partial charge in [-0.2, -0.15) is 13.2 Å². The zero-order valence-electron chi connectivity index (χ0n) is 18.4. The van der Waals surface area contributed by atoms with Crippen molar-refractivity contribution in [2.24, 2.45) is 0 Å². The van der Waals surface area contributed by atoms with Gasteiger partial charge in [0.05, 0.1) is 23.7 Å². The number of rotatable bonds is 6. The van der Waals surface area contributed by atoms with Crippen molar-refractivity contribution in [1.29, 1.82) is 0 Å². The molecule has 1 amide bonds. The van der Waals surface area contributed by atoms with Crippen molar-refractivity contribution >= 4 is 33.0 Å². The molecule has 184 valence electrons. The van der Waals surface area contributed by atoms with E-state index < -0.39 is 21.8 Å². The summed E-state index contributed by atoms with van der Waals surface area (Å²) in [6.45, 7) is 2.87. The maximum atomic E-state index is 12.9. The van der Waals surface area contributed by atoms with E-state index >= 15 is 0 Å². The molecule has 0 aromatic heterocycles. The lowest BCUT2D eigenvalue weighted by Crippen LogP contribution is -2.36. The predicted molar refractivity (Wildman–Crippen MR) is 126 cm³/mol. The number of alkyl halides is 3. The van der Waals surface area contributed by atoms with E-state index in [4.69, 9.17) is 4.74 Å². The number of carbonyl (C=O) groups is 1. The van der Waals surface area contributed by atoms with E-state index in [-0.39, 0.29) is 16.5 Å². The van der Waals surface area contributed by atoms with Crippen LogP contribution in [-0.2, 0) is 20.9 Å². The molecule has 0 bridgehead atoms. The topological polar surface area (TPSA) is 87.7 Å². The van der Waals surface area contributed by atoms with Crippen LogP contribution in [0, 0.1) is 0 Å². The van der Waals surface area contributed by atoms with Crippen LogP contribution >= 0.6 is 0 Å². The van der Waals surface area contributed by atoms with Crippen LogP contribution < -0.4 is 14.9 Å². The highest BCUT2D eigenvalue weighted by atomic mass is 32.2. The number of halogens is 3. The maximum Gasteiger partial charge on any atom is 0.416 e. The number of nitrogens with zero attached hydrogens (tertiary/aromatic N) is 1. The monoisotopic (exact) mass is 505 g/mol. The predicted octanol–water partition coefficient (Wildman–Crippen LogP) is 4.60. The minimum absolute atomic E-state index is 0.164. The Morgan fingerprint density at radius 2 is 1.54 bits per heavy atom. The van der Waals surface area contributed by atoms with Crippen LogP contribution in [0.25, 0.3) is 0 Å². The quantitative estimate of drug-likeness (QED) is 0.512. The van der Waals surface area contributed by atoms with Crippen LogP contribution in [-0.4, -0.2) is 40.6 Å². The van der Waals surface area contributed by atoms with Gasteiger partial charge in [0.1, 0.15) is 0 Å². The molecule has 0 aliphatic carbocycles. The second-order valence-corrected chi connectivity index (χ2v) is 9.49. The number of sulfonamides is 1. The minimum Gasteiger partial charge on any atom is -0.378 e. The summed E-state index contributed by atoms with van der Waals surface area (Å²) in [7, 11) is -4.13. The maximum absolute atomic E-state index is 12.9. The summed E-state index contributed by atoms with van der Waals surface area (Å²) in [4.78, 5) is 14.6. The lowest BCUT2D eigenvalue weighted by atomic mass is 10.1. The van der Waals surface area contributed by atoms with E-state index in [9.17, 15) is 26.4 Å². The van der Waals surface area contributed by atoms with Crippen LogP contribution in [0.1, 0.15) is 15.9 Å². The van der Waals surface area contributed by atoms with Gasteiger partial charge in [-0.25, -0.2) is 8.42 Å². The Balaban J connectivity index is 1.40. The molecule has 1 fully saturated rings. The van der Waals surface area contributed by atoms with Crippen molar-refractivity contribution < 1.29 is 31.1 Å². The Labute approximate surface area is 200 Å². The molecule has 35 heavy (non-hydrogen) atoms. The molecule has 1 saturated heterocycles. The Bertz CT molecular complexity index is 1290. The molecule has 4 rings (SSSR count). The molecule has 1 aliphatic heterocycles. The molecule has 0 radical (unpaired) electrons. The lowest BCUT2D eigenvalue weighted by molar-refractivity contribution is -0.137. The third kappa shape index (κ3) is 6.11. The highest BCUT2D eigenvalue weighted by Crippen LogP contribution is 2.31. The van der Waals surface area contributed by atoms with Gasteiger partial charge in [0.15, 0.2) is 0 Å². The third-order valence-corrected chi connectivity index (χ3v) is 6.77. The van der Waals surface area contributed by atoms with Crippen LogP contribution in [0.4, 0.5) is 30.2 Å². The molecular formula is C24H22F3N3O4S. The molecule has 3 aromatic carbocycles. The number of amides is 1. The van der Waals surface area contributed by atoms with Gasteiger partial charge in [0, 0.05) is 35.7 Å². The van der Waals surface area contributed by atoms with Crippen LogP contribution in [0.15, 0.2) is 77.7 Å². The van der Waals surface area contributed by atoms with Crippen LogP contribution in [0.2, 0.25) is 0 Å². The molecule has 0 unspecified atom stereocenters. The van der Waals surface area contributed by atoms with Gasteiger partial charge in [-0.1, -0.05) is 6.07 Å². The lowest BCUT2D eigenvalue weighted by Gasteiger charge is -2.28. The summed E-state index contributed by atoms with van der Waals surface area (Å²) < 4.78 is 71.3. The second kappa shape index (κ2) is 9.96. The molecular weight excluding hydrogens is 483 g/mol. The summed E-state index contributed by atoms with van der Waals surface area (Å²) >= 11 is 0. The first-order valence-electron chi connectivity index (χ1n) is 10.7. The summed E-state index contributed by atoms with van der Waals surface area (Å²) in [6, 6.07) is 16.4. The number of ether oxygens (including phenoxy) is 1. The standard InChI is InChI=1S/C24H22F3N3O4S/c25-24(26,27)18-2-1-3-20(16-18)29-35(32,33)22-10-6-19(7-11-22)28-23(31)17-4-8-21(9-5-17)30-12-14-34-15-13-30/h1-11,16,29H,12-15H2,(H,28,31). The molecule has 1 heterocycles. The van der Waals surface area contributed by atoms with Crippen molar-refractivity contribution in [3.05, 3.63) is 83.9 Å². The van der Waals surface area contributed by atoms with E-state index in [0.29, 0.717) is 24.5 Å². The molecule has 7 nitrogen and oxygen atoms in total. The van der Waals surface area contributed by atoms with Crippen molar-refractivity contribution in [2.45, 2.75) is 11.1 Å². The van der Waals surface area contributed by atoms with Gasteiger partial charge < -0.3 is 15.0 Å². The fourth-order valence-corrected chi connectivity index (χ4v) is 4.59. The normalized spacial score (nSPS) is 14.4. The first-order chi connectivity index (χ1) is 16.6. The van der Waals surface area contributed by atoms with Crippen LogP contribution in [0.3, 0.4) is 0 Å². The summed E-state index contributed by atoms with van der Waals surface area (Å²) in [5, 5.41) is 2.70. The summed E-state index contributed by atoms with van der Waals surface area (Å²) in [5.41, 5.74) is 0.620. The van der Waals surface area contributed by atoms with Gasteiger partial charge in [-0.05, 0) is 66.7 Å². The van der Waals surface area contributed by atoms with Gasteiger partial charge in [0.25, 0.3) is 15.9 Å². The average Bonchev–Trinajstić information content (AvgIpc) is 2.84. The summed E-state index contributed by atoms with van der Waals surface area (Å²) in [6.07, 6.45) is -4.59. The second-order valence-electron chi connectivity index (χ2n) is 7.81. The van der Waals surface area contributed by atoms with E-state index in [2.05, 4.69) is 14.9 Å². The number of benzene rings is 3. The minimum atomic E-state index is -4.59. The molecule has 0 spiro atoms. The first kappa shape index (κ1) is 24.6. The molecule has 0 saturated carbocycles. The Morgan fingerprint density at radius 1 is 0.886 bits per heavy atom. The molecule has 2 N–H and O–H groups in total. The Kier molecular flexibility index (Phi) is 6.99. The third-order valence-electron chi connectivity index (χ3n) is 5.37. The van der Waals surface area contributed by atoms with Gasteiger partial charge in [0.2, 0.25) is 0 Å². The average molecular weight is 506 g/mol. The smallest absolute Gasteiger partial charge is 0.378 e. The fourth-order valence-electron chi connectivity index (χ4n) is 3.54. The fraction of sp³-hybridized carbons (Fsp3) is 0.208. The zero-order valence-corrected chi connectivity index (χ0v) is 19.2. The number of anilines is 3. The molecule has 0 atom stereocenters. The number of hydrogen-bond donors (Lipinski definition) is 2. The Hall–Kier alpha value is -3.57. The van der Waals surface area contributed by atoms with Crippen molar-refractivity contribution in [1.82, 2.24) is 0 Å². The van der Waals surface area contributed by atoms with Gasteiger partial charge in [-0.3, -0.25) is 9.52 Å². The molecule has 1 aliphatic rings. The van der Waals surface area contributed by atoms with Crippen molar-refractivity contribution in [3.63, 3.8) is 0 Å². The highest BCUT2D eigenvalue weighted by Gasteiger charge is 2.30. The number of hydrogen-bond acceptors (Lipinski definition) is 5. The summed E-state index contributed by atoms with van der Waals surface area (Å²) in [5.74, 6) is -0.365.